The Labute approximate surface area is 156 Å². The molecular weight excluding hydrogens is 371 g/mol. The molecule has 4 rings (SSSR count). The minimum Gasteiger partial charge on any atom is -0.367 e. The lowest BCUT2D eigenvalue weighted by atomic mass is 10.3. The zero-order chi connectivity index (χ0) is 19.0. The molecule has 142 valence electrons. The van der Waals surface area contributed by atoms with Gasteiger partial charge in [0.1, 0.15) is 5.82 Å². The smallest absolute Gasteiger partial charge is 0.243 e. The Kier molecular flexibility index (Phi) is 4.52. The van der Waals surface area contributed by atoms with Crippen molar-refractivity contribution in [2.24, 2.45) is 0 Å². The lowest BCUT2D eigenvalue weighted by Gasteiger charge is -2.35. The van der Waals surface area contributed by atoms with Crippen molar-refractivity contribution in [1.82, 2.24) is 24.1 Å². The van der Waals surface area contributed by atoms with E-state index in [2.05, 4.69) is 20.2 Å². The van der Waals surface area contributed by atoms with E-state index in [-0.39, 0.29) is 4.90 Å². The Morgan fingerprint density at radius 1 is 1.11 bits per heavy atom. The first-order valence-electron chi connectivity index (χ1n) is 8.70. The monoisotopic (exact) mass is 390 g/mol. The summed E-state index contributed by atoms with van der Waals surface area (Å²) in [6.45, 7) is 3.65. The normalized spacial score (nSPS) is 16.1. The fourth-order valence-corrected chi connectivity index (χ4v) is 4.64. The summed E-state index contributed by atoms with van der Waals surface area (Å²) in [7, 11) is -3.70. The molecule has 0 aliphatic carbocycles. The van der Waals surface area contributed by atoms with Gasteiger partial charge in [-0.15, -0.1) is 10.2 Å². The van der Waals surface area contributed by atoms with E-state index in [1.165, 1.54) is 22.5 Å². The van der Waals surface area contributed by atoms with Crippen LogP contribution in [0.3, 0.4) is 0 Å². The maximum absolute atomic E-state index is 13.4. The maximum atomic E-state index is 13.4. The van der Waals surface area contributed by atoms with Gasteiger partial charge < -0.3 is 4.90 Å². The number of nitrogens with zero attached hydrogens (tertiary/aromatic N) is 6. The number of fused-ring (bicyclic) bond motifs is 1. The molecule has 10 heteroatoms. The van der Waals surface area contributed by atoms with Crippen LogP contribution in [0.15, 0.2) is 41.4 Å². The lowest BCUT2D eigenvalue weighted by molar-refractivity contribution is 0.384. The summed E-state index contributed by atoms with van der Waals surface area (Å²) >= 11 is 0. The number of aromatic nitrogens is 4. The third-order valence-corrected chi connectivity index (χ3v) is 6.56. The number of piperazine rings is 1. The van der Waals surface area contributed by atoms with E-state index >= 15 is 0 Å². The molecule has 0 N–H and O–H groups in total. The van der Waals surface area contributed by atoms with E-state index < -0.39 is 15.8 Å². The second-order valence-corrected chi connectivity index (χ2v) is 8.24. The van der Waals surface area contributed by atoms with Gasteiger partial charge in [-0.1, -0.05) is 13.0 Å². The van der Waals surface area contributed by atoms with Crippen molar-refractivity contribution in [2.45, 2.75) is 18.2 Å². The Morgan fingerprint density at radius 2 is 1.89 bits per heavy atom. The van der Waals surface area contributed by atoms with Crippen LogP contribution in [0.1, 0.15) is 12.7 Å². The van der Waals surface area contributed by atoms with Gasteiger partial charge in [-0.2, -0.15) is 13.9 Å². The predicted octanol–water partition coefficient (Wildman–Crippen LogP) is 1.34. The molecule has 0 saturated carbocycles. The van der Waals surface area contributed by atoms with Crippen LogP contribution in [-0.4, -0.2) is 58.7 Å². The van der Waals surface area contributed by atoms with Gasteiger partial charge in [-0.25, -0.2) is 12.8 Å². The standard InChI is InChI=1S/C17H19FN6O2S/c1-2-16-20-21-17-11-14(12-19-24(16)17)22-6-8-23(9-7-22)27(25,26)15-5-3-4-13(18)10-15/h3-5,10-12H,2,6-9H2,1H3. The molecule has 0 spiro atoms. The number of rotatable bonds is 4. The van der Waals surface area contributed by atoms with Gasteiger partial charge in [0.2, 0.25) is 10.0 Å². The Balaban J connectivity index is 1.50. The molecule has 1 aromatic carbocycles. The fourth-order valence-electron chi connectivity index (χ4n) is 3.18. The van der Waals surface area contributed by atoms with Crippen LogP contribution in [0.4, 0.5) is 10.1 Å². The fraction of sp³-hybridized carbons (Fsp3) is 0.353. The number of anilines is 1. The van der Waals surface area contributed by atoms with E-state index in [9.17, 15) is 12.8 Å². The third-order valence-electron chi connectivity index (χ3n) is 4.67. The predicted molar refractivity (Wildman–Crippen MR) is 97.5 cm³/mol. The van der Waals surface area contributed by atoms with Crippen LogP contribution in [-0.2, 0) is 16.4 Å². The first kappa shape index (κ1) is 17.8. The summed E-state index contributed by atoms with van der Waals surface area (Å²) in [5.74, 6) is 0.233. The van der Waals surface area contributed by atoms with Crippen molar-refractivity contribution >= 4 is 21.4 Å². The van der Waals surface area contributed by atoms with Crippen molar-refractivity contribution in [3.63, 3.8) is 0 Å². The summed E-state index contributed by atoms with van der Waals surface area (Å²) in [5.41, 5.74) is 1.54. The summed E-state index contributed by atoms with van der Waals surface area (Å²) in [6, 6.07) is 7.00. The highest BCUT2D eigenvalue weighted by atomic mass is 32.2. The van der Waals surface area contributed by atoms with E-state index in [1.54, 1.807) is 10.7 Å². The summed E-state index contributed by atoms with van der Waals surface area (Å²) in [6.07, 6.45) is 2.48. The maximum Gasteiger partial charge on any atom is 0.243 e. The van der Waals surface area contributed by atoms with E-state index in [0.29, 0.717) is 31.8 Å². The van der Waals surface area contributed by atoms with E-state index in [4.69, 9.17) is 0 Å². The van der Waals surface area contributed by atoms with Crippen LogP contribution in [0.2, 0.25) is 0 Å². The molecule has 8 nitrogen and oxygen atoms in total. The zero-order valence-electron chi connectivity index (χ0n) is 14.8. The molecule has 1 aliphatic heterocycles. The van der Waals surface area contributed by atoms with Gasteiger partial charge in [-0.05, 0) is 18.2 Å². The van der Waals surface area contributed by atoms with Crippen molar-refractivity contribution < 1.29 is 12.8 Å². The van der Waals surface area contributed by atoms with Crippen LogP contribution in [0.5, 0.6) is 0 Å². The summed E-state index contributed by atoms with van der Waals surface area (Å²) in [5, 5.41) is 12.6. The molecular formula is C17H19FN6O2S. The van der Waals surface area contributed by atoms with Crippen molar-refractivity contribution in [2.75, 3.05) is 31.1 Å². The van der Waals surface area contributed by atoms with Gasteiger partial charge >= 0.3 is 0 Å². The van der Waals surface area contributed by atoms with Crippen LogP contribution < -0.4 is 4.90 Å². The van der Waals surface area contributed by atoms with Crippen molar-refractivity contribution in [1.29, 1.82) is 0 Å². The molecule has 1 saturated heterocycles. The molecule has 27 heavy (non-hydrogen) atoms. The minimum absolute atomic E-state index is 0.0189. The molecule has 0 radical (unpaired) electrons. The van der Waals surface area contributed by atoms with Crippen molar-refractivity contribution in [3.05, 3.63) is 48.2 Å². The Morgan fingerprint density at radius 3 is 2.59 bits per heavy atom. The molecule has 1 fully saturated rings. The third kappa shape index (κ3) is 3.26. The quantitative estimate of drug-likeness (QED) is 0.668. The van der Waals surface area contributed by atoms with Crippen LogP contribution >= 0.6 is 0 Å². The first-order valence-corrected chi connectivity index (χ1v) is 10.1. The molecule has 0 unspecified atom stereocenters. The van der Waals surface area contributed by atoms with Gasteiger partial charge in [0.15, 0.2) is 11.5 Å². The highest BCUT2D eigenvalue weighted by Crippen LogP contribution is 2.22. The molecule has 0 amide bonds. The highest BCUT2D eigenvalue weighted by molar-refractivity contribution is 7.89. The zero-order valence-corrected chi connectivity index (χ0v) is 15.6. The number of benzene rings is 1. The SMILES string of the molecule is CCc1nnc2cc(N3CCN(S(=O)(=O)c4cccc(F)c4)CC3)cnn12. The average molecular weight is 390 g/mol. The molecule has 1 aliphatic rings. The number of hydrogen-bond acceptors (Lipinski definition) is 6. The van der Waals surface area contributed by atoms with Gasteiger partial charge in [0.05, 0.1) is 16.8 Å². The van der Waals surface area contributed by atoms with E-state index in [0.717, 1.165) is 24.0 Å². The van der Waals surface area contributed by atoms with Gasteiger partial charge in [0.25, 0.3) is 0 Å². The molecule has 3 heterocycles. The molecule has 0 bridgehead atoms. The topological polar surface area (TPSA) is 83.7 Å². The van der Waals surface area contributed by atoms with Gasteiger partial charge in [-0.3, -0.25) is 0 Å². The first-order chi connectivity index (χ1) is 13.0. The summed E-state index contributed by atoms with van der Waals surface area (Å²) < 4.78 is 41.9. The Bertz CT molecular complexity index is 1080. The minimum atomic E-state index is -3.70. The number of sulfonamides is 1. The number of aryl methyl sites for hydroxylation is 1. The van der Waals surface area contributed by atoms with Crippen LogP contribution in [0.25, 0.3) is 5.65 Å². The van der Waals surface area contributed by atoms with Crippen molar-refractivity contribution in [3.8, 4) is 0 Å². The molecule has 0 atom stereocenters. The highest BCUT2D eigenvalue weighted by Gasteiger charge is 2.29. The van der Waals surface area contributed by atoms with Crippen LogP contribution in [0, 0.1) is 5.82 Å². The van der Waals surface area contributed by atoms with Gasteiger partial charge in [0, 0.05) is 38.7 Å². The largest absolute Gasteiger partial charge is 0.367 e. The number of hydrogen-bond donors (Lipinski definition) is 0. The Hall–Kier alpha value is -2.59. The molecule has 3 aromatic rings. The number of halogens is 1. The second kappa shape index (κ2) is 6.86. The summed E-state index contributed by atoms with van der Waals surface area (Å²) in [4.78, 5) is 2.04. The van der Waals surface area contributed by atoms with E-state index in [1.807, 2.05) is 13.0 Å². The lowest BCUT2D eigenvalue weighted by Crippen LogP contribution is -2.48. The average Bonchev–Trinajstić information content (AvgIpc) is 3.10. The molecule has 2 aromatic heterocycles. The second-order valence-electron chi connectivity index (χ2n) is 6.30.